The number of carbonyl (C=O) groups is 2. The molecule has 1 aliphatic carbocycles. The Bertz CT molecular complexity index is 1150. The van der Waals surface area contributed by atoms with Crippen molar-refractivity contribution in [3.05, 3.63) is 64.9 Å². The van der Waals surface area contributed by atoms with Crippen LogP contribution in [0.5, 0.6) is 0 Å². The number of carbonyl (C=O) groups excluding carboxylic acids is 2. The Morgan fingerprint density at radius 3 is 2.56 bits per heavy atom. The van der Waals surface area contributed by atoms with Crippen molar-refractivity contribution in [1.29, 1.82) is 0 Å². The zero-order chi connectivity index (χ0) is 23.4. The van der Waals surface area contributed by atoms with Gasteiger partial charge in [-0.05, 0) is 30.0 Å². The van der Waals surface area contributed by atoms with Crippen LogP contribution >= 0.6 is 0 Å². The number of nitrogens with zero attached hydrogens (tertiary/aromatic N) is 2. The highest BCUT2D eigenvalue weighted by molar-refractivity contribution is 6.05. The van der Waals surface area contributed by atoms with Crippen LogP contribution in [0.25, 0.3) is 0 Å². The number of aromatic nitrogens is 1. The van der Waals surface area contributed by atoms with Crippen molar-refractivity contribution >= 4 is 23.1 Å². The van der Waals surface area contributed by atoms with Gasteiger partial charge in [0.25, 0.3) is 0 Å². The molecule has 1 aromatic heterocycles. The van der Waals surface area contributed by atoms with Crippen molar-refractivity contribution in [2.45, 2.75) is 45.8 Å². The Hall–Kier alpha value is -3.23. The normalized spacial score (nSPS) is 20.3. The fourth-order valence-electron chi connectivity index (χ4n) is 4.46. The maximum Gasteiger partial charge on any atom is 0.416 e. The van der Waals surface area contributed by atoms with Crippen molar-refractivity contribution in [2.24, 2.45) is 5.41 Å². The van der Waals surface area contributed by atoms with Gasteiger partial charge in [-0.15, -0.1) is 0 Å². The molecular weight excluding hydrogens is 426 g/mol. The van der Waals surface area contributed by atoms with E-state index in [-0.39, 0.29) is 28.8 Å². The highest BCUT2D eigenvalue weighted by atomic mass is 19.4. The lowest BCUT2D eigenvalue weighted by Crippen LogP contribution is -2.39. The topological polar surface area (TPSA) is 62.3 Å². The smallest absolute Gasteiger partial charge is 0.356 e. The number of ketones is 1. The molecule has 0 fully saturated rings. The molecule has 2 aromatic rings. The highest BCUT2D eigenvalue weighted by Crippen LogP contribution is 2.48. The number of hydrogen-bond donors (Lipinski definition) is 1. The Labute approximate surface area is 182 Å². The van der Waals surface area contributed by atoms with Crippen LogP contribution in [0.15, 0.2) is 47.9 Å². The maximum absolute atomic E-state index is 15.1. The molecule has 32 heavy (non-hydrogen) atoms. The minimum Gasteiger partial charge on any atom is -0.356 e. The van der Waals surface area contributed by atoms with Crippen LogP contribution in [0.3, 0.4) is 0 Å². The Morgan fingerprint density at radius 2 is 1.94 bits per heavy atom. The molecular formula is C23H21F4N3O2. The molecule has 0 saturated carbocycles. The van der Waals surface area contributed by atoms with Gasteiger partial charge in [-0.25, -0.2) is 4.39 Å². The van der Waals surface area contributed by atoms with Gasteiger partial charge >= 0.3 is 6.18 Å². The molecule has 2 aliphatic rings. The number of rotatable bonds is 1. The van der Waals surface area contributed by atoms with Gasteiger partial charge in [-0.3, -0.25) is 19.5 Å². The van der Waals surface area contributed by atoms with Gasteiger partial charge in [0.2, 0.25) is 5.91 Å². The first-order chi connectivity index (χ1) is 14.9. The number of halogens is 4. The van der Waals surface area contributed by atoms with Gasteiger partial charge in [-0.1, -0.05) is 19.9 Å². The summed E-state index contributed by atoms with van der Waals surface area (Å²) in [6, 6.07) is 2.50. The van der Waals surface area contributed by atoms with E-state index in [1.54, 1.807) is 6.07 Å². The second kappa shape index (κ2) is 7.43. The molecule has 1 unspecified atom stereocenters. The van der Waals surface area contributed by atoms with E-state index >= 15 is 4.39 Å². The van der Waals surface area contributed by atoms with Gasteiger partial charge in [0.05, 0.1) is 29.2 Å². The van der Waals surface area contributed by atoms with Crippen molar-refractivity contribution in [2.75, 3.05) is 10.2 Å². The van der Waals surface area contributed by atoms with Crippen LogP contribution in [0.1, 0.15) is 50.8 Å². The summed E-state index contributed by atoms with van der Waals surface area (Å²) in [6.45, 7) is 5.10. The standard InChI is InChI=1S/C23H21F4N3O2/c1-12(31)30-18-6-7-28-11-17(18)29-16-9-22(2,3)10-19(32)20(16)21(30)14-5-4-13(8-15(14)24)23(25,26)27/h4-8,11,21,29H,9-10H2,1-3H3. The number of allylic oxidation sites excluding steroid dienone is 1. The molecule has 0 spiro atoms. The third-order valence-electron chi connectivity index (χ3n) is 5.76. The van der Waals surface area contributed by atoms with E-state index in [0.717, 1.165) is 12.1 Å². The predicted octanol–water partition coefficient (Wildman–Crippen LogP) is 5.40. The van der Waals surface area contributed by atoms with Crippen molar-refractivity contribution in [3.8, 4) is 0 Å². The first kappa shape index (κ1) is 22.0. The Morgan fingerprint density at radius 1 is 1.22 bits per heavy atom. The molecule has 5 nitrogen and oxygen atoms in total. The number of anilines is 2. The van der Waals surface area contributed by atoms with Gasteiger partial charge in [0.1, 0.15) is 5.82 Å². The molecule has 1 atom stereocenters. The maximum atomic E-state index is 15.1. The van der Waals surface area contributed by atoms with Crippen LogP contribution in [0.2, 0.25) is 0 Å². The van der Waals surface area contributed by atoms with E-state index in [1.807, 2.05) is 13.8 Å². The lowest BCUT2D eigenvalue weighted by molar-refractivity contribution is -0.137. The lowest BCUT2D eigenvalue weighted by atomic mass is 9.73. The summed E-state index contributed by atoms with van der Waals surface area (Å²) in [4.78, 5) is 31.4. The summed E-state index contributed by atoms with van der Waals surface area (Å²) < 4.78 is 54.5. The fourth-order valence-corrected chi connectivity index (χ4v) is 4.46. The molecule has 0 saturated heterocycles. The third-order valence-corrected chi connectivity index (χ3v) is 5.76. The summed E-state index contributed by atoms with van der Waals surface area (Å²) in [5.41, 5.74) is -0.217. The number of hydrogen-bond acceptors (Lipinski definition) is 4. The van der Waals surface area contributed by atoms with E-state index in [0.29, 0.717) is 29.6 Å². The molecule has 1 aliphatic heterocycles. The molecule has 4 rings (SSSR count). The van der Waals surface area contributed by atoms with E-state index in [1.165, 1.54) is 24.2 Å². The van der Waals surface area contributed by atoms with E-state index in [9.17, 15) is 22.8 Å². The predicted molar refractivity (Wildman–Crippen MR) is 110 cm³/mol. The van der Waals surface area contributed by atoms with E-state index < -0.39 is 29.5 Å². The van der Waals surface area contributed by atoms with Gasteiger partial charge < -0.3 is 5.32 Å². The van der Waals surface area contributed by atoms with Crippen LogP contribution in [0.4, 0.5) is 28.9 Å². The average Bonchev–Trinajstić information content (AvgIpc) is 2.80. The van der Waals surface area contributed by atoms with Crippen LogP contribution in [-0.4, -0.2) is 16.7 Å². The van der Waals surface area contributed by atoms with Gasteiger partial charge in [0, 0.05) is 36.4 Å². The third kappa shape index (κ3) is 3.76. The average molecular weight is 447 g/mol. The Balaban J connectivity index is 2.00. The monoisotopic (exact) mass is 447 g/mol. The van der Waals surface area contributed by atoms with Crippen molar-refractivity contribution < 1.29 is 27.2 Å². The highest BCUT2D eigenvalue weighted by Gasteiger charge is 2.44. The second-order valence-corrected chi connectivity index (χ2v) is 8.88. The first-order valence-corrected chi connectivity index (χ1v) is 10.0. The molecule has 0 bridgehead atoms. The lowest BCUT2D eigenvalue weighted by Gasteiger charge is -2.37. The molecule has 0 radical (unpaired) electrons. The quantitative estimate of drug-likeness (QED) is 0.595. The molecule has 168 valence electrons. The number of alkyl halides is 3. The summed E-state index contributed by atoms with van der Waals surface area (Å²) in [5, 5.41) is 3.19. The number of nitrogens with one attached hydrogen (secondary N) is 1. The minimum absolute atomic E-state index is 0.159. The fraction of sp³-hybridized carbons (Fsp3) is 0.348. The van der Waals surface area contributed by atoms with E-state index in [2.05, 4.69) is 10.3 Å². The number of pyridine rings is 1. The summed E-state index contributed by atoms with van der Waals surface area (Å²) in [6.07, 6.45) is -1.18. The summed E-state index contributed by atoms with van der Waals surface area (Å²) in [7, 11) is 0. The van der Waals surface area contributed by atoms with Crippen LogP contribution in [0, 0.1) is 11.2 Å². The number of fused-ring (bicyclic) bond motifs is 1. The van der Waals surface area contributed by atoms with Crippen LogP contribution < -0.4 is 10.2 Å². The summed E-state index contributed by atoms with van der Waals surface area (Å²) in [5.74, 6) is -1.92. The molecule has 1 N–H and O–H groups in total. The largest absolute Gasteiger partial charge is 0.416 e. The van der Waals surface area contributed by atoms with Crippen molar-refractivity contribution in [1.82, 2.24) is 4.98 Å². The number of benzene rings is 1. The Kier molecular flexibility index (Phi) is 5.10. The van der Waals surface area contributed by atoms with Crippen LogP contribution in [-0.2, 0) is 15.8 Å². The molecule has 2 heterocycles. The molecule has 1 amide bonds. The minimum atomic E-state index is -4.72. The van der Waals surface area contributed by atoms with E-state index in [4.69, 9.17) is 0 Å². The van der Waals surface area contributed by atoms with Gasteiger partial charge in [0.15, 0.2) is 5.78 Å². The number of amides is 1. The molecule has 1 aromatic carbocycles. The summed E-state index contributed by atoms with van der Waals surface area (Å²) >= 11 is 0. The van der Waals surface area contributed by atoms with Crippen molar-refractivity contribution in [3.63, 3.8) is 0 Å². The zero-order valence-electron chi connectivity index (χ0n) is 17.7. The molecule has 9 heteroatoms. The first-order valence-electron chi connectivity index (χ1n) is 10.0. The SMILES string of the molecule is CC(=O)N1c2ccncc2NC2=C(C(=O)CC(C)(C)C2)C1c1ccc(C(F)(F)F)cc1F. The van der Waals surface area contributed by atoms with Gasteiger partial charge in [-0.2, -0.15) is 13.2 Å². The second-order valence-electron chi connectivity index (χ2n) is 8.88. The zero-order valence-corrected chi connectivity index (χ0v) is 17.7. The number of Topliss-reactive ketones (excluding diaryl/α,β-unsaturated/α-hetero) is 1.